The van der Waals surface area contributed by atoms with Crippen molar-refractivity contribution in [1.29, 1.82) is 0 Å². The van der Waals surface area contributed by atoms with Crippen LogP contribution in [0, 0.1) is 25.5 Å². The molecular formula is C23H29N5O2S2. The molecule has 3 aromatic rings. The van der Waals surface area contributed by atoms with Crippen molar-refractivity contribution in [3.8, 4) is 0 Å². The molecule has 0 aliphatic carbocycles. The van der Waals surface area contributed by atoms with E-state index in [1.165, 1.54) is 5.56 Å². The van der Waals surface area contributed by atoms with E-state index in [-0.39, 0.29) is 0 Å². The summed E-state index contributed by atoms with van der Waals surface area (Å²) in [5, 5.41) is 4.64. The predicted molar refractivity (Wildman–Crippen MR) is 128 cm³/mol. The lowest BCUT2D eigenvalue weighted by molar-refractivity contribution is 0.144. The quantitative estimate of drug-likeness (QED) is 0.516. The second kappa shape index (κ2) is 9.27. The van der Waals surface area contributed by atoms with Crippen LogP contribution in [0.2, 0.25) is 0 Å². The Bertz CT molecular complexity index is 1260. The molecule has 1 saturated heterocycles. The molecule has 170 valence electrons. The molecule has 0 radical (unpaired) electrons. The molecule has 0 bridgehead atoms. The maximum Gasteiger partial charge on any atom is 0.243 e. The Morgan fingerprint density at radius 1 is 0.969 bits per heavy atom. The minimum absolute atomic E-state index is 0.406. The minimum atomic E-state index is -3.50. The first kappa shape index (κ1) is 22.8. The van der Waals surface area contributed by atoms with Gasteiger partial charge in [0, 0.05) is 26.2 Å². The molecule has 1 fully saturated rings. The van der Waals surface area contributed by atoms with E-state index in [2.05, 4.69) is 22.1 Å². The molecule has 32 heavy (non-hydrogen) atoms. The Hall–Kier alpha value is -2.33. The van der Waals surface area contributed by atoms with Gasteiger partial charge in [-0.3, -0.25) is 9.47 Å². The molecule has 0 spiro atoms. The average Bonchev–Trinajstić information content (AvgIpc) is 3.04. The van der Waals surface area contributed by atoms with E-state index in [1.54, 1.807) is 10.4 Å². The van der Waals surface area contributed by atoms with Crippen molar-refractivity contribution in [1.82, 2.24) is 23.6 Å². The number of piperazine rings is 1. The molecule has 0 unspecified atom stereocenters. The fourth-order valence-electron chi connectivity index (χ4n) is 4.01. The van der Waals surface area contributed by atoms with E-state index in [4.69, 9.17) is 12.2 Å². The summed E-state index contributed by atoms with van der Waals surface area (Å²) >= 11 is 5.68. The third-order valence-corrected chi connectivity index (χ3v) is 8.39. The summed E-state index contributed by atoms with van der Waals surface area (Å²) in [6.45, 7) is 9.14. The first-order chi connectivity index (χ1) is 15.3. The zero-order valence-electron chi connectivity index (χ0n) is 18.7. The second-order valence-corrected chi connectivity index (χ2v) is 10.6. The Labute approximate surface area is 195 Å². The fraction of sp³-hybridized carbons (Fsp3) is 0.391. The molecule has 0 N–H and O–H groups in total. The maximum absolute atomic E-state index is 13.2. The Kier molecular flexibility index (Phi) is 6.62. The Morgan fingerprint density at radius 3 is 2.34 bits per heavy atom. The topological polar surface area (TPSA) is 63.4 Å². The molecule has 7 nitrogen and oxygen atoms in total. The normalized spacial score (nSPS) is 15.8. The number of hydrogen-bond acceptors (Lipinski definition) is 5. The molecule has 4 rings (SSSR count). The fourth-order valence-corrected chi connectivity index (χ4v) is 6.04. The van der Waals surface area contributed by atoms with Gasteiger partial charge in [0.05, 0.1) is 18.1 Å². The van der Waals surface area contributed by atoms with Gasteiger partial charge in [0.25, 0.3) is 0 Å². The van der Waals surface area contributed by atoms with Gasteiger partial charge >= 0.3 is 0 Å². The van der Waals surface area contributed by atoms with Crippen molar-refractivity contribution in [3.05, 3.63) is 75.8 Å². The van der Waals surface area contributed by atoms with Gasteiger partial charge in [0.1, 0.15) is 5.82 Å². The number of aryl methyl sites for hydroxylation is 3. The van der Waals surface area contributed by atoms with Crippen LogP contribution in [0.5, 0.6) is 0 Å². The van der Waals surface area contributed by atoms with E-state index in [0.29, 0.717) is 49.1 Å². The van der Waals surface area contributed by atoms with Crippen molar-refractivity contribution in [3.63, 3.8) is 0 Å². The number of sulfonamides is 1. The summed E-state index contributed by atoms with van der Waals surface area (Å²) in [5.41, 5.74) is 2.91. The Morgan fingerprint density at radius 2 is 1.66 bits per heavy atom. The van der Waals surface area contributed by atoms with Crippen LogP contribution in [-0.2, 0) is 23.2 Å². The molecule has 0 amide bonds. The molecule has 9 heteroatoms. The van der Waals surface area contributed by atoms with E-state index in [1.807, 2.05) is 60.4 Å². The van der Waals surface area contributed by atoms with Gasteiger partial charge in [-0.15, -0.1) is 0 Å². The van der Waals surface area contributed by atoms with Crippen molar-refractivity contribution in [2.45, 2.75) is 38.9 Å². The lowest BCUT2D eigenvalue weighted by Crippen LogP contribution is -2.49. The molecule has 1 aromatic heterocycles. The number of rotatable bonds is 6. The molecular weight excluding hydrogens is 442 g/mol. The van der Waals surface area contributed by atoms with Crippen LogP contribution in [-0.4, -0.2) is 58.1 Å². The summed E-state index contributed by atoms with van der Waals surface area (Å²) in [4.78, 5) is 2.60. The zero-order valence-corrected chi connectivity index (χ0v) is 20.4. The van der Waals surface area contributed by atoms with Gasteiger partial charge in [-0.2, -0.15) is 9.40 Å². The van der Waals surface area contributed by atoms with Crippen molar-refractivity contribution in [2.24, 2.45) is 0 Å². The summed E-state index contributed by atoms with van der Waals surface area (Å²) in [6.07, 6.45) is 0. The van der Waals surface area contributed by atoms with Gasteiger partial charge in [-0.05, 0) is 55.7 Å². The van der Waals surface area contributed by atoms with E-state index < -0.39 is 10.0 Å². The first-order valence-electron chi connectivity index (χ1n) is 10.7. The number of benzene rings is 2. The largest absolute Gasteiger partial charge is 0.300 e. The van der Waals surface area contributed by atoms with Gasteiger partial charge in [-0.25, -0.2) is 13.1 Å². The molecule has 2 aromatic carbocycles. The summed E-state index contributed by atoms with van der Waals surface area (Å²) in [7, 11) is -3.50. The van der Waals surface area contributed by atoms with Crippen LogP contribution in [0.15, 0.2) is 53.4 Å². The van der Waals surface area contributed by atoms with Gasteiger partial charge < -0.3 is 0 Å². The molecule has 0 atom stereocenters. The first-order valence-corrected chi connectivity index (χ1v) is 12.6. The summed E-state index contributed by atoms with van der Waals surface area (Å²) in [5.74, 6) is 0.870. The van der Waals surface area contributed by atoms with Crippen LogP contribution < -0.4 is 0 Å². The standard InChI is InChI=1S/C23H29N5O2S2/c1-18-9-10-19(2)22(15-18)32(29,30)26-13-11-25(12-14-26)17-28-23(31)27(20(3)24-28)16-21-7-5-4-6-8-21/h4-10,15H,11-14,16-17H2,1-3H3. The summed E-state index contributed by atoms with van der Waals surface area (Å²) < 4.78 is 32.5. The van der Waals surface area contributed by atoms with Gasteiger partial charge in [0.15, 0.2) is 4.77 Å². The van der Waals surface area contributed by atoms with Crippen LogP contribution in [0.4, 0.5) is 0 Å². The predicted octanol–water partition coefficient (Wildman–Crippen LogP) is 3.35. The number of aromatic nitrogens is 3. The van der Waals surface area contributed by atoms with Gasteiger partial charge in [0.2, 0.25) is 10.0 Å². The van der Waals surface area contributed by atoms with Crippen LogP contribution in [0.25, 0.3) is 0 Å². The molecule has 2 heterocycles. The maximum atomic E-state index is 13.2. The van der Waals surface area contributed by atoms with Crippen molar-refractivity contribution < 1.29 is 8.42 Å². The van der Waals surface area contributed by atoms with Gasteiger partial charge in [-0.1, -0.05) is 42.5 Å². The molecule has 0 saturated carbocycles. The van der Waals surface area contributed by atoms with Crippen molar-refractivity contribution >= 4 is 22.2 Å². The number of nitrogens with zero attached hydrogens (tertiary/aromatic N) is 5. The zero-order chi connectivity index (χ0) is 22.9. The average molecular weight is 472 g/mol. The SMILES string of the molecule is Cc1ccc(C)c(S(=O)(=O)N2CCN(Cn3nc(C)n(Cc4ccccc4)c3=S)CC2)c1. The number of hydrogen-bond donors (Lipinski definition) is 0. The van der Waals surface area contributed by atoms with E-state index in [0.717, 1.165) is 17.0 Å². The van der Waals surface area contributed by atoms with E-state index >= 15 is 0 Å². The third-order valence-electron chi connectivity index (χ3n) is 5.92. The van der Waals surface area contributed by atoms with Crippen LogP contribution >= 0.6 is 12.2 Å². The lowest BCUT2D eigenvalue weighted by Gasteiger charge is -2.34. The highest BCUT2D eigenvalue weighted by atomic mass is 32.2. The highest BCUT2D eigenvalue weighted by molar-refractivity contribution is 7.89. The monoisotopic (exact) mass is 471 g/mol. The minimum Gasteiger partial charge on any atom is -0.300 e. The third kappa shape index (κ3) is 4.71. The second-order valence-electron chi connectivity index (χ2n) is 8.33. The van der Waals surface area contributed by atoms with E-state index in [9.17, 15) is 8.42 Å². The van der Waals surface area contributed by atoms with Crippen molar-refractivity contribution in [2.75, 3.05) is 26.2 Å². The summed E-state index contributed by atoms with van der Waals surface area (Å²) in [6, 6.07) is 15.8. The smallest absolute Gasteiger partial charge is 0.243 e. The molecule has 1 aliphatic heterocycles. The highest BCUT2D eigenvalue weighted by Gasteiger charge is 2.30. The Balaban J connectivity index is 1.43. The lowest BCUT2D eigenvalue weighted by atomic mass is 10.2. The molecule has 1 aliphatic rings. The van der Waals surface area contributed by atoms with Crippen LogP contribution in [0.3, 0.4) is 0 Å². The highest BCUT2D eigenvalue weighted by Crippen LogP contribution is 2.22. The van der Waals surface area contributed by atoms with Crippen LogP contribution in [0.1, 0.15) is 22.5 Å².